The lowest BCUT2D eigenvalue weighted by molar-refractivity contribution is 0.512. The van der Waals surface area contributed by atoms with Crippen molar-refractivity contribution in [2.45, 2.75) is 13.5 Å². The summed E-state index contributed by atoms with van der Waals surface area (Å²) in [7, 11) is -3.23. The van der Waals surface area contributed by atoms with Crippen LogP contribution in [0.25, 0.3) is 0 Å². The van der Waals surface area contributed by atoms with Crippen molar-refractivity contribution >= 4 is 21.4 Å². The van der Waals surface area contributed by atoms with Crippen LogP contribution in [0.5, 0.6) is 0 Å². The number of anilines is 2. The van der Waals surface area contributed by atoms with Crippen molar-refractivity contribution in [3.8, 4) is 0 Å². The van der Waals surface area contributed by atoms with E-state index in [4.69, 9.17) is 4.42 Å². The molecular formula is C12H15N3O3S. The molecule has 0 fully saturated rings. The number of hydrogen-bond donors (Lipinski definition) is 2. The minimum Gasteiger partial charge on any atom is -0.447 e. The fourth-order valence-electron chi connectivity index (χ4n) is 1.43. The van der Waals surface area contributed by atoms with Crippen molar-refractivity contribution in [2.24, 2.45) is 0 Å². The molecule has 0 spiro atoms. The number of aromatic nitrogens is 1. The monoisotopic (exact) mass is 281 g/mol. The summed E-state index contributed by atoms with van der Waals surface area (Å²) in [5.41, 5.74) is 1.42. The first kappa shape index (κ1) is 13.4. The number of rotatable bonds is 6. The minimum absolute atomic E-state index is 0.0541. The molecule has 0 amide bonds. The Bertz CT molecular complexity index is 606. The van der Waals surface area contributed by atoms with Crippen LogP contribution in [0.1, 0.15) is 12.7 Å². The van der Waals surface area contributed by atoms with Gasteiger partial charge in [-0.15, -0.1) is 0 Å². The first-order chi connectivity index (χ1) is 9.09. The summed E-state index contributed by atoms with van der Waals surface area (Å²) in [5, 5.41) is 3.14. The van der Waals surface area contributed by atoms with Crippen molar-refractivity contribution in [2.75, 3.05) is 15.8 Å². The highest BCUT2D eigenvalue weighted by molar-refractivity contribution is 7.92. The van der Waals surface area contributed by atoms with E-state index in [0.717, 1.165) is 11.4 Å². The molecule has 1 heterocycles. The number of nitrogens with one attached hydrogen (secondary N) is 2. The zero-order valence-electron chi connectivity index (χ0n) is 10.5. The topological polar surface area (TPSA) is 84.2 Å². The lowest BCUT2D eigenvalue weighted by Crippen LogP contribution is -2.14. The van der Waals surface area contributed by atoms with Crippen molar-refractivity contribution in [1.29, 1.82) is 0 Å². The third-order valence-electron chi connectivity index (χ3n) is 2.49. The van der Waals surface area contributed by atoms with Gasteiger partial charge in [-0.3, -0.25) is 4.72 Å². The largest absolute Gasteiger partial charge is 0.447 e. The van der Waals surface area contributed by atoms with Crippen LogP contribution < -0.4 is 10.0 Å². The standard InChI is InChI=1S/C12H15N3O3S/c1-2-19(16,17)15-11-5-3-10(4-6-11)14-8-12-7-13-9-18-12/h3-7,9,14-15H,2,8H2,1H3. The SMILES string of the molecule is CCS(=O)(=O)Nc1ccc(NCc2cnco2)cc1. The van der Waals surface area contributed by atoms with Gasteiger partial charge in [0.1, 0.15) is 5.76 Å². The molecule has 0 aliphatic carbocycles. The van der Waals surface area contributed by atoms with Crippen LogP contribution in [0.2, 0.25) is 0 Å². The molecule has 6 nitrogen and oxygen atoms in total. The Kier molecular flexibility index (Phi) is 4.06. The Balaban J connectivity index is 1.95. The van der Waals surface area contributed by atoms with Gasteiger partial charge in [-0.1, -0.05) is 0 Å². The lowest BCUT2D eigenvalue weighted by atomic mass is 10.3. The molecule has 0 unspecified atom stereocenters. The molecule has 19 heavy (non-hydrogen) atoms. The highest BCUT2D eigenvalue weighted by Crippen LogP contribution is 2.15. The van der Waals surface area contributed by atoms with Crippen LogP contribution in [-0.2, 0) is 16.6 Å². The lowest BCUT2D eigenvalue weighted by Gasteiger charge is -2.08. The van der Waals surface area contributed by atoms with E-state index in [1.54, 1.807) is 37.4 Å². The molecule has 2 rings (SSSR count). The van der Waals surface area contributed by atoms with Crippen LogP contribution in [-0.4, -0.2) is 19.2 Å². The van der Waals surface area contributed by atoms with Gasteiger partial charge in [0.25, 0.3) is 0 Å². The number of nitrogens with zero attached hydrogens (tertiary/aromatic N) is 1. The van der Waals surface area contributed by atoms with Gasteiger partial charge in [0.2, 0.25) is 10.0 Å². The molecule has 102 valence electrons. The smallest absolute Gasteiger partial charge is 0.232 e. The molecule has 0 bridgehead atoms. The van der Waals surface area contributed by atoms with Gasteiger partial charge in [-0.05, 0) is 31.2 Å². The van der Waals surface area contributed by atoms with Crippen LogP contribution in [0.15, 0.2) is 41.3 Å². The summed E-state index contributed by atoms with van der Waals surface area (Å²) < 4.78 is 30.4. The maximum Gasteiger partial charge on any atom is 0.232 e. The maximum absolute atomic E-state index is 11.4. The van der Waals surface area contributed by atoms with Crippen LogP contribution in [0.3, 0.4) is 0 Å². The van der Waals surface area contributed by atoms with E-state index >= 15 is 0 Å². The molecule has 2 aromatic rings. The molecule has 1 aromatic carbocycles. The summed E-state index contributed by atoms with van der Waals surface area (Å²) in [5.74, 6) is 0.786. The fraction of sp³-hybridized carbons (Fsp3) is 0.250. The van der Waals surface area contributed by atoms with Crippen molar-refractivity contribution in [3.63, 3.8) is 0 Å². The number of oxazole rings is 1. The predicted octanol–water partition coefficient (Wildman–Crippen LogP) is 2.05. The van der Waals surface area contributed by atoms with Crippen LogP contribution in [0, 0.1) is 0 Å². The number of hydrogen-bond acceptors (Lipinski definition) is 5. The zero-order chi connectivity index (χ0) is 13.7. The molecule has 0 aliphatic rings. The van der Waals surface area contributed by atoms with Gasteiger partial charge >= 0.3 is 0 Å². The van der Waals surface area contributed by atoms with E-state index in [-0.39, 0.29) is 5.75 Å². The van der Waals surface area contributed by atoms with Gasteiger partial charge in [0.05, 0.1) is 18.5 Å². The van der Waals surface area contributed by atoms with Gasteiger partial charge in [-0.2, -0.15) is 0 Å². The average Bonchev–Trinajstić information content (AvgIpc) is 2.91. The molecule has 2 N–H and O–H groups in total. The molecule has 0 saturated heterocycles. The van der Waals surface area contributed by atoms with Crippen molar-refractivity contribution < 1.29 is 12.8 Å². The predicted molar refractivity (Wildman–Crippen MR) is 73.4 cm³/mol. The van der Waals surface area contributed by atoms with E-state index in [1.807, 2.05) is 0 Å². The maximum atomic E-state index is 11.4. The second kappa shape index (κ2) is 5.75. The van der Waals surface area contributed by atoms with Gasteiger partial charge < -0.3 is 9.73 Å². The summed E-state index contributed by atoms with van der Waals surface area (Å²) >= 11 is 0. The normalized spacial score (nSPS) is 11.2. The third-order valence-corrected chi connectivity index (χ3v) is 3.80. The Morgan fingerprint density at radius 3 is 2.47 bits per heavy atom. The van der Waals surface area contributed by atoms with Gasteiger partial charge in [0, 0.05) is 11.4 Å². The second-order valence-corrected chi connectivity index (χ2v) is 5.92. The fourth-order valence-corrected chi connectivity index (χ4v) is 2.07. The minimum atomic E-state index is -3.23. The van der Waals surface area contributed by atoms with Gasteiger partial charge in [0.15, 0.2) is 6.39 Å². The Morgan fingerprint density at radius 2 is 1.89 bits per heavy atom. The van der Waals surface area contributed by atoms with E-state index in [1.165, 1.54) is 6.39 Å². The summed E-state index contributed by atoms with van der Waals surface area (Å²) in [4.78, 5) is 3.81. The molecule has 0 aliphatic heterocycles. The van der Waals surface area contributed by atoms with Gasteiger partial charge in [-0.25, -0.2) is 13.4 Å². The summed E-state index contributed by atoms with van der Waals surface area (Å²) in [6, 6.07) is 7.00. The molecular weight excluding hydrogens is 266 g/mol. The molecule has 7 heteroatoms. The quantitative estimate of drug-likeness (QED) is 0.846. The first-order valence-corrected chi connectivity index (χ1v) is 7.46. The van der Waals surface area contributed by atoms with Crippen molar-refractivity contribution in [1.82, 2.24) is 4.98 Å². The van der Waals surface area contributed by atoms with Crippen LogP contribution >= 0.6 is 0 Å². The van der Waals surface area contributed by atoms with E-state index in [2.05, 4.69) is 15.0 Å². The zero-order valence-corrected chi connectivity index (χ0v) is 11.3. The Hall–Kier alpha value is -2.02. The van der Waals surface area contributed by atoms with E-state index < -0.39 is 10.0 Å². The summed E-state index contributed by atoms with van der Waals surface area (Å²) in [6.45, 7) is 2.12. The molecule has 0 saturated carbocycles. The average molecular weight is 281 g/mol. The summed E-state index contributed by atoms with van der Waals surface area (Å²) in [6.07, 6.45) is 3.01. The number of benzene rings is 1. The number of sulfonamides is 1. The Labute approximate surface area is 111 Å². The highest BCUT2D eigenvalue weighted by atomic mass is 32.2. The van der Waals surface area contributed by atoms with E-state index in [0.29, 0.717) is 12.2 Å². The second-order valence-electron chi connectivity index (χ2n) is 3.90. The molecule has 1 aromatic heterocycles. The Morgan fingerprint density at radius 1 is 1.21 bits per heavy atom. The van der Waals surface area contributed by atoms with Crippen molar-refractivity contribution in [3.05, 3.63) is 42.6 Å². The van der Waals surface area contributed by atoms with Crippen LogP contribution in [0.4, 0.5) is 11.4 Å². The third kappa shape index (κ3) is 3.99. The first-order valence-electron chi connectivity index (χ1n) is 5.81. The molecule has 0 radical (unpaired) electrons. The van der Waals surface area contributed by atoms with E-state index in [9.17, 15) is 8.42 Å². The molecule has 0 atom stereocenters. The highest BCUT2D eigenvalue weighted by Gasteiger charge is 2.06.